The molecule has 0 radical (unpaired) electrons. The zero-order valence-electron chi connectivity index (χ0n) is 9.55. The molecule has 1 aliphatic carbocycles. The second-order valence-electron chi connectivity index (χ2n) is 4.83. The fourth-order valence-electron chi connectivity index (χ4n) is 3.23. The number of methoxy groups -OCH3 is 1. The summed E-state index contributed by atoms with van der Waals surface area (Å²) < 4.78 is 4.99. The molecule has 1 saturated heterocycles. The summed E-state index contributed by atoms with van der Waals surface area (Å²) >= 11 is 0. The first kappa shape index (κ1) is 10.9. The molecule has 1 N–H and O–H groups in total. The van der Waals surface area contributed by atoms with Gasteiger partial charge in [-0.25, -0.2) is 0 Å². The summed E-state index contributed by atoms with van der Waals surface area (Å²) in [5.41, 5.74) is -0.338. The molecule has 2 fully saturated rings. The minimum atomic E-state index is -0.338. The summed E-state index contributed by atoms with van der Waals surface area (Å²) in [4.78, 5) is 12.0. The van der Waals surface area contributed by atoms with Crippen molar-refractivity contribution in [3.05, 3.63) is 0 Å². The van der Waals surface area contributed by atoms with Crippen molar-refractivity contribution < 1.29 is 9.53 Å². The van der Waals surface area contributed by atoms with E-state index < -0.39 is 0 Å². The van der Waals surface area contributed by atoms with Gasteiger partial charge in [-0.05, 0) is 38.1 Å². The van der Waals surface area contributed by atoms with Crippen molar-refractivity contribution >= 4 is 5.97 Å². The molecule has 0 aromatic heterocycles. The largest absolute Gasteiger partial charge is 0.468 e. The summed E-state index contributed by atoms with van der Waals surface area (Å²) in [6.45, 7) is 0.964. The lowest BCUT2D eigenvalue weighted by molar-refractivity contribution is -0.151. The maximum atomic E-state index is 12.0. The Morgan fingerprint density at radius 3 is 2.53 bits per heavy atom. The van der Waals surface area contributed by atoms with Crippen molar-refractivity contribution in [1.82, 2.24) is 5.32 Å². The van der Waals surface area contributed by atoms with Crippen LogP contribution in [0.3, 0.4) is 0 Å². The monoisotopic (exact) mass is 211 g/mol. The molecule has 3 nitrogen and oxygen atoms in total. The Morgan fingerprint density at radius 2 is 2.00 bits per heavy atom. The number of hydrogen-bond acceptors (Lipinski definition) is 3. The lowest BCUT2D eigenvalue weighted by Gasteiger charge is -2.37. The summed E-state index contributed by atoms with van der Waals surface area (Å²) in [6, 6.07) is 0. The van der Waals surface area contributed by atoms with Crippen molar-refractivity contribution in [3.8, 4) is 0 Å². The Bertz CT molecular complexity index is 228. The molecule has 0 amide bonds. The topological polar surface area (TPSA) is 38.3 Å². The molecule has 1 unspecified atom stereocenters. The van der Waals surface area contributed by atoms with Crippen LogP contribution in [0.4, 0.5) is 0 Å². The van der Waals surface area contributed by atoms with Gasteiger partial charge < -0.3 is 10.1 Å². The molecule has 0 spiro atoms. The number of ether oxygens (including phenoxy) is 1. The standard InChI is InChI=1S/C12H21NO2/c1-15-11(14)12(8-5-9-13-12)10-6-3-2-4-7-10/h10,13H,2-9H2,1H3. The normalized spacial score (nSPS) is 32.9. The third kappa shape index (κ3) is 1.89. The Morgan fingerprint density at radius 1 is 1.27 bits per heavy atom. The fraction of sp³-hybridized carbons (Fsp3) is 0.917. The van der Waals surface area contributed by atoms with Gasteiger partial charge in [0.1, 0.15) is 5.54 Å². The highest BCUT2D eigenvalue weighted by Gasteiger charge is 2.48. The van der Waals surface area contributed by atoms with Crippen LogP contribution in [-0.4, -0.2) is 25.2 Å². The van der Waals surface area contributed by atoms with Gasteiger partial charge in [-0.3, -0.25) is 4.79 Å². The smallest absolute Gasteiger partial charge is 0.326 e. The summed E-state index contributed by atoms with van der Waals surface area (Å²) in [5, 5.41) is 3.42. The van der Waals surface area contributed by atoms with Crippen molar-refractivity contribution in [2.75, 3.05) is 13.7 Å². The van der Waals surface area contributed by atoms with Crippen LogP contribution in [0, 0.1) is 5.92 Å². The molecule has 1 aliphatic heterocycles. The molecule has 3 heteroatoms. The first-order valence-electron chi connectivity index (χ1n) is 6.13. The summed E-state index contributed by atoms with van der Waals surface area (Å²) in [7, 11) is 1.51. The summed E-state index contributed by atoms with van der Waals surface area (Å²) in [6.07, 6.45) is 8.30. The fourth-order valence-corrected chi connectivity index (χ4v) is 3.23. The highest BCUT2D eigenvalue weighted by atomic mass is 16.5. The highest BCUT2D eigenvalue weighted by molar-refractivity contribution is 5.81. The van der Waals surface area contributed by atoms with Gasteiger partial charge in [0.25, 0.3) is 0 Å². The van der Waals surface area contributed by atoms with Gasteiger partial charge in [0.05, 0.1) is 7.11 Å². The minimum Gasteiger partial charge on any atom is -0.468 e. The molecule has 1 atom stereocenters. The molecule has 2 aliphatic rings. The van der Waals surface area contributed by atoms with E-state index in [9.17, 15) is 4.79 Å². The second kappa shape index (κ2) is 4.52. The molecule has 0 aromatic rings. The maximum absolute atomic E-state index is 12.0. The molecular formula is C12H21NO2. The first-order chi connectivity index (χ1) is 7.29. The maximum Gasteiger partial charge on any atom is 0.326 e. The van der Waals surface area contributed by atoms with Crippen LogP contribution < -0.4 is 5.32 Å². The molecule has 0 aromatic carbocycles. The third-order valence-electron chi connectivity index (χ3n) is 4.04. The van der Waals surface area contributed by atoms with E-state index in [2.05, 4.69) is 5.32 Å². The van der Waals surface area contributed by atoms with Crippen LogP contribution in [-0.2, 0) is 9.53 Å². The molecular weight excluding hydrogens is 190 g/mol. The van der Waals surface area contributed by atoms with E-state index in [4.69, 9.17) is 4.74 Å². The first-order valence-corrected chi connectivity index (χ1v) is 6.13. The number of carbonyl (C=O) groups excluding carboxylic acids is 1. The highest BCUT2D eigenvalue weighted by Crippen LogP contribution is 2.38. The molecule has 86 valence electrons. The Labute approximate surface area is 91.6 Å². The molecule has 2 rings (SSSR count). The zero-order chi connectivity index (χ0) is 10.7. The predicted molar refractivity (Wildman–Crippen MR) is 58.6 cm³/mol. The average Bonchev–Trinajstić information content (AvgIpc) is 2.79. The minimum absolute atomic E-state index is 0.0353. The van der Waals surface area contributed by atoms with E-state index in [-0.39, 0.29) is 11.5 Å². The zero-order valence-corrected chi connectivity index (χ0v) is 9.55. The SMILES string of the molecule is COC(=O)C1(C2CCCCC2)CCCN1. The van der Waals surface area contributed by atoms with Gasteiger partial charge in [0.15, 0.2) is 0 Å². The third-order valence-corrected chi connectivity index (χ3v) is 4.04. The van der Waals surface area contributed by atoms with Gasteiger partial charge in [0, 0.05) is 0 Å². The number of rotatable bonds is 2. The van der Waals surface area contributed by atoms with Crippen LogP contribution in [0.25, 0.3) is 0 Å². The van der Waals surface area contributed by atoms with Gasteiger partial charge >= 0.3 is 5.97 Å². The van der Waals surface area contributed by atoms with E-state index in [1.165, 1.54) is 39.2 Å². The predicted octanol–water partition coefficient (Wildman–Crippen LogP) is 1.86. The molecule has 1 saturated carbocycles. The number of nitrogens with one attached hydrogen (secondary N) is 1. The van der Waals surface area contributed by atoms with Crippen molar-refractivity contribution in [2.24, 2.45) is 5.92 Å². The van der Waals surface area contributed by atoms with E-state index in [1.54, 1.807) is 0 Å². The van der Waals surface area contributed by atoms with E-state index in [0.717, 1.165) is 19.4 Å². The Kier molecular flexibility index (Phi) is 3.29. The lowest BCUT2D eigenvalue weighted by atomic mass is 9.74. The molecule has 1 heterocycles. The van der Waals surface area contributed by atoms with E-state index in [0.29, 0.717) is 5.92 Å². The van der Waals surface area contributed by atoms with Crippen LogP contribution in [0.2, 0.25) is 0 Å². The van der Waals surface area contributed by atoms with Crippen LogP contribution in [0.15, 0.2) is 0 Å². The van der Waals surface area contributed by atoms with Gasteiger partial charge in [0.2, 0.25) is 0 Å². The van der Waals surface area contributed by atoms with Crippen molar-refractivity contribution in [2.45, 2.75) is 50.5 Å². The number of hydrogen-bond donors (Lipinski definition) is 1. The van der Waals surface area contributed by atoms with Crippen molar-refractivity contribution in [1.29, 1.82) is 0 Å². The summed E-state index contributed by atoms with van der Waals surface area (Å²) in [5.74, 6) is 0.466. The Balaban J connectivity index is 2.13. The van der Waals surface area contributed by atoms with Gasteiger partial charge in [-0.15, -0.1) is 0 Å². The van der Waals surface area contributed by atoms with Gasteiger partial charge in [-0.1, -0.05) is 19.3 Å². The molecule has 15 heavy (non-hydrogen) atoms. The van der Waals surface area contributed by atoms with E-state index >= 15 is 0 Å². The molecule has 0 bridgehead atoms. The quantitative estimate of drug-likeness (QED) is 0.709. The van der Waals surface area contributed by atoms with Crippen molar-refractivity contribution in [3.63, 3.8) is 0 Å². The van der Waals surface area contributed by atoms with Crippen LogP contribution in [0.5, 0.6) is 0 Å². The Hall–Kier alpha value is -0.570. The van der Waals surface area contributed by atoms with Crippen LogP contribution in [0.1, 0.15) is 44.9 Å². The lowest BCUT2D eigenvalue weighted by Crippen LogP contribution is -2.54. The number of carbonyl (C=O) groups is 1. The van der Waals surface area contributed by atoms with E-state index in [1.807, 2.05) is 0 Å². The second-order valence-corrected chi connectivity index (χ2v) is 4.83. The van der Waals surface area contributed by atoms with Gasteiger partial charge in [-0.2, -0.15) is 0 Å². The number of esters is 1. The van der Waals surface area contributed by atoms with Crippen LogP contribution >= 0.6 is 0 Å². The average molecular weight is 211 g/mol.